The highest BCUT2D eigenvalue weighted by Crippen LogP contribution is 2.22. The van der Waals surface area contributed by atoms with Crippen molar-refractivity contribution >= 4 is 6.03 Å². The number of carbonyl (C=O) groups excluding carboxylic acids is 1. The van der Waals surface area contributed by atoms with Crippen molar-refractivity contribution in [2.45, 2.75) is 59.3 Å². The highest BCUT2D eigenvalue weighted by atomic mass is 16.5. The van der Waals surface area contributed by atoms with Crippen LogP contribution < -0.4 is 15.4 Å². The van der Waals surface area contributed by atoms with Crippen molar-refractivity contribution in [1.82, 2.24) is 10.6 Å². The number of amides is 2. The Bertz CT molecular complexity index is 475. The van der Waals surface area contributed by atoms with E-state index in [4.69, 9.17) is 9.84 Å². The zero-order valence-corrected chi connectivity index (χ0v) is 14.0. The molecule has 1 aromatic rings. The number of carbonyl (C=O) groups is 1. The van der Waals surface area contributed by atoms with E-state index in [0.717, 1.165) is 23.3 Å². The van der Waals surface area contributed by atoms with Gasteiger partial charge < -0.3 is 20.5 Å². The Hall–Kier alpha value is -1.75. The number of aliphatic hydroxyl groups excluding tert-OH is 1. The smallest absolute Gasteiger partial charge is 0.315 e. The first kappa shape index (κ1) is 18.3. The van der Waals surface area contributed by atoms with Gasteiger partial charge >= 0.3 is 6.03 Å². The van der Waals surface area contributed by atoms with Crippen LogP contribution in [0.3, 0.4) is 0 Å². The minimum absolute atomic E-state index is 0.139. The summed E-state index contributed by atoms with van der Waals surface area (Å²) in [5.41, 5.74) is 2.08. The molecular weight excluding hydrogens is 280 g/mol. The largest absolute Gasteiger partial charge is 0.490 e. The minimum atomic E-state index is -0.409. The van der Waals surface area contributed by atoms with Crippen molar-refractivity contribution in [1.29, 1.82) is 0 Å². The summed E-state index contributed by atoms with van der Waals surface area (Å²) in [6, 6.07) is 5.74. The van der Waals surface area contributed by atoms with Gasteiger partial charge in [0.1, 0.15) is 5.75 Å². The van der Waals surface area contributed by atoms with Gasteiger partial charge in [0.2, 0.25) is 0 Å². The first-order chi connectivity index (χ1) is 10.4. The summed E-state index contributed by atoms with van der Waals surface area (Å²) >= 11 is 0. The molecule has 5 heteroatoms. The topological polar surface area (TPSA) is 70.6 Å². The molecule has 0 bridgehead atoms. The average molecular weight is 308 g/mol. The van der Waals surface area contributed by atoms with E-state index in [2.05, 4.69) is 17.6 Å². The molecule has 0 aromatic heterocycles. The molecule has 0 spiro atoms. The molecule has 1 aromatic carbocycles. The number of hydrogen-bond acceptors (Lipinski definition) is 3. The fourth-order valence-electron chi connectivity index (χ4n) is 1.85. The Morgan fingerprint density at radius 3 is 2.68 bits per heavy atom. The van der Waals surface area contributed by atoms with Crippen molar-refractivity contribution in [2.75, 3.05) is 6.54 Å². The molecule has 2 unspecified atom stereocenters. The Kier molecular flexibility index (Phi) is 7.74. The number of rotatable bonds is 8. The monoisotopic (exact) mass is 308 g/mol. The maximum atomic E-state index is 11.7. The van der Waals surface area contributed by atoms with E-state index in [9.17, 15) is 4.79 Å². The standard InChI is InChI=1S/C17H28N2O3/c1-5-14(4)22-16-10-12(2)6-7-15(16)11-19-17(21)18-9-8-13(3)20/h6-7,10,13-14,20H,5,8-9,11H2,1-4H3,(H2,18,19,21). The van der Waals surface area contributed by atoms with Crippen LogP contribution in [0.5, 0.6) is 5.75 Å². The van der Waals surface area contributed by atoms with Gasteiger partial charge in [-0.05, 0) is 45.2 Å². The first-order valence-corrected chi connectivity index (χ1v) is 7.88. The minimum Gasteiger partial charge on any atom is -0.490 e. The van der Waals surface area contributed by atoms with E-state index in [0.29, 0.717) is 19.5 Å². The lowest BCUT2D eigenvalue weighted by Crippen LogP contribution is -2.36. The summed E-state index contributed by atoms with van der Waals surface area (Å²) in [5.74, 6) is 0.818. The number of nitrogens with one attached hydrogen (secondary N) is 2. The molecule has 0 saturated carbocycles. The van der Waals surface area contributed by atoms with Gasteiger partial charge in [0.25, 0.3) is 0 Å². The SMILES string of the molecule is CCC(C)Oc1cc(C)ccc1CNC(=O)NCCC(C)O. The number of urea groups is 1. The highest BCUT2D eigenvalue weighted by molar-refractivity contribution is 5.73. The predicted molar refractivity (Wildman–Crippen MR) is 88.1 cm³/mol. The Morgan fingerprint density at radius 1 is 1.32 bits per heavy atom. The molecule has 3 N–H and O–H groups in total. The number of hydrogen-bond donors (Lipinski definition) is 3. The second-order valence-corrected chi connectivity index (χ2v) is 5.70. The number of aryl methyl sites for hydroxylation is 1. The molecule has 0 fully saturated rings. The van der Waals surface area contributed by atoms with Gasteiger partial charge in [-0.2, -0.15) is 0 Å². The molecule has 0 aliphatic rings. The van der Waals surface area contributed by atoms with E-state index in [-0.39, 0.29) is 12.1 Å². The Morgan fingerprint density at radius 2 is 2.05 bits per heavy atom. The van der Waals surface area contributed by atoms with Gasteiger partial charge in [-0.1, -0.05) is 19.1 Å². The van der Waals surface area contributed by atoms with Crippen LogP contribution in [-0.2, 0) is 6.54 Å². The van der Waals surface area contributed by atoms with E-state index in [1.165, 1.54) is 0 Å². The van der Waals surface area contributed by atoms with Crippen LogP contribution in [0.2, 0.25) is 0 Å². The second-order valence-electron chi connectivity index (χ2n) is 5.70. The summed E-state index contributed by atoms with van der Waals surface area (Å²) in [5, 5.41) is 14.7. The quantitative estimate of drug-likeness (QED) is 0.691. The molecule has 0 radical (unpaired) electrons. The summed E-state index contributed by atoms with van der Waals surface area (Å²) in [7, 11) is 0. The lowest BCUT2D eigenvalue weighted by molar-refractivity contribution is 0.183. The molecule has 124 valence electrons. The molecule has 0 aliphatic carbocycles. The summed E-state index contributed by atoms with van der Waals surface area (Å²) in [6.45, 7) is 8.68. The zero-order valence-electron chi connectivity index (χ0n) is 14.0. The van der Waals surface area contributed by atoms with Crippen molar-refractivity contribution in [3.05, 3.63) is 29.3 Å². The molecule has 0 heterocycles. The molecular formula is C17H28N2O3. The van der Waals surface area contributed by atoms with Gasteiger partial charge in [-0.3, -0.25) is 0 Å². The molecule has 5 nitrogen and oxygen atoms in total. The van der Waals surface area contributed by atoms with Crippen LogP contribution in [0.4, 0.5) is 4.79 Å². The number of aliphatic hydroxyl groups is 1. The zero-order chi connectivity index (χ0) is 16.5. The molecule has 0 aliphatic heterocycles. The van der Waals surface area contributed by atoms with Crippen molar-refractivity contribution in [2.24, 2.45) is 0 Å². The van der Waals surface area contributed by atoms with Crippen LogP contribution in [-0.4, -0.2) is 29.9 Å². The fourth-order valence-corrected chi connectivity index (χ4v) is 1.85. The molecule has 1 rings (SSSR count). The summed E-state index contributed by atoms with van der Waals surface area (Å²) in [4.78, 5) is 11.7. The maximum absolute atomic E-state index is 11.7. The van der Waals surface area contributed by atoms with Crippen LogP contribution in [0.1, 0.15) is 44.7 Å². The normalized spacial score (nSPS) is 13.3. The van der Waals surface area contributed by atoms with Crippen molar-refractivity contribution in [3.63, 3.8) is 0 Å². The van der Waals surface area contributed by atoms with Gasteiger partial charge in [-0.15, -0.1) is 0 Å². The predicted octanol–water partition coefficient (Wildman–Crippen LogP) is 2.74. The first-order valence-electron chi connectivity index (χ1n) is 7.88. The summed E-state index contributed by atoms with van der Waals surface area (Å²) in [6.07, 6.45) is 1.20. The van der Waals surface area contributed by atoms with Crippen molar-refractivity contribution < 1.29 is 14.6 Å². The lowest BCUT2D eigenvalue weighted by Gasteiger charge is -2.17. The van der Waals surface area contributed by atoms with Crippen LogP contribution in [0.25, 0.3) is 0 Å². The van der Waals surface area contributed by atoms with E-state index in [1.807, 2.05) is 32.0 Å². The molecule has 2 amide bonds. The average Bonchev–Trinajstić information content (AvgIpc) is 2.45. The number of benzene rings is 1. The summed E-state index contributed by atoms with van der Waals surface area (Å²) < 4.78 is 5.92. The van der Waals surface area contributed by atoms with Crippen LogP contribution >= 0.6 is 0 Å². The maximum Gasteiger partial charge on any atom is 0.315 e. The third-order valence-corrected chi connectivity index (χ3v) is 3.41. The van der Waals surface area contributed by atoms with E-state index < -0.39 is 6.10 Å². The lowest BCUT2D eigenvalue weighted by atomic mass is 10.1. The van der Waals surface area contributed by atoms with Crippen LogP contribution in [0, 0.1) is 6.92 Å². The molecule has 0 saturated heterocycles. The third kappa shape index (κ3) is 6.80. The van der Waals surface area contributed by atoms with Crippen molar-refractivity contribution in [3.8, 4) is 5.75 Å². The second kappa shape index (κ2) is 9.30. The van der Waals surface area contributed by atoms with Gasteiger partial charge in [0, 0.05) is 18.7 Å². The highest BCUT2D eigenvalue weighted by Gasteiger charge is 2.09. The fraction of sp³-hybridized carbons (Fsp3) is 0.588. The van der Waals surface area contributed by atoms with Crippen LogP contribution in [0.15, 0.2) is 18.2 Å². The van der Waals surface area contributed by atoms with E-state index >= 15 is 0 Å². The third-order valence-electron chi connectivity index (χ3n) is 3.41. The number of ether oxygens (including phenoxy) is 1. The Labute approximate surface area is 133 Å². The van der Waals surface area contributed by atoms with Gasteiger partial charge in [-0.25, -0.2) is 4.79 Å². The van der Waals surface area contributed by atoms with Gasteiger partial charge in [0.15, 0.2) is 0 Å². The van der Waals surface area contributed by atoms with Gasteiger partial charge in [0.05, 0.1) is 12.2 Å². The molecule has 2 atom stereocenters. The van der Waals surface area contributed by atoms with E-state index in [1.54, 1.807) is 6.92 Å². The molecule has 22 heavy (non-hydrogen) atoms. The Balaban J connectivity index is 2.55.